The van der Waals surface area contributed by atoms with Crippen LogP contribution in [0.4, 0.5) is 0 Å². The van der Waals surface area contributed by atoms with Gasteiger partial charge in [-0.05, 0) is 24.8 Å². The van der Waals surface area contributed by atoms with Crippen LogP contribution in [0.5, 0.6) is 0 Å². The Morgan fingerprint density at radius 1 is 1.50 bits per heavy atom. The molecule has 1 saturated heterocycles. The molecule has 5 nitrogen and oxygen atoms in total. The van der Waals surface area contributed by atoms with Gasteiger partial charge in [0, 0.05) is 13.0 Å². The molecule has 0 saturated carbocycles. The summed E-state index contributed by atoms with van der Waals surface area (Å²) in [4.78, 5) is 24.7. The van der Waals surface area contributed by atoms with Gasteiger partial charge in [0.15, 0.2) is 0 Å². The van der Waals surface area contributed by atoms with Crippen molar-refractivity contribution in [1.82, 2.24) is 4.90 Å². The third-order valence-electron chi connectivity index (χ3n) is 3.87. The minimum Gasteiger partial charge on any atom is -0.478 e. The van der Waals surface area contributed by atoms with Crippen LogP contribution in [0.15, 0.2) is 16.7 Å². The molecule has 0 bridgehead atoms. The highest BCUT2D eigenvalue weighted by molar-refractivity contribution is 5.87. The first kappa shape index (κ1) is 14.6. The molecule has 1 fully saturated rings. The topological polar surface area (TPSA) is 70.8 Å². The van der Waals surface area contributed by atoms with Crippen LogP contribution in [0.1, 0.15) is 55.1 Å². The van der Waals surface area contributed by atoms with Gasteiger partial charge >= 0.3 is 5.97 Å². The summed E-state index contributed by atoms with van der Waals surface area (Å²) in [6.07, 6.45) is 6.11. The smallest absolute Gasteiger partial charge is 0.338 e. The maximum Gasteiger partial charge on any atom is 0.338 e. The van der Waals surface area contributed by atoms with Crippen molar-refractivity contribution in [2.45, 2.75) is 45.6 Å². The Morgan fingerprint density at radius 3 is 2.95 bits per heavy atom. The van der Waals surface area contributed by atoms with E-state index in [1.807, 2.05) is 0 Å². The van der Waals surface area contributed by atoms with Gasteiger partial charge in [0.2, 0.25) is 5.91 Å². The molecule has 1 aromatic heterocycles. The fourth-order valence-electron chi connectivity index (χ4n) is 2.72. The zero-order valence-corrected chi connectivity index (χ0v) is 11.8. The Labute approximate surface area is 118 Å². The number of carboxylic acids is 1. The van der Waals surface area contributed by atoms with Crippen LogP contribution in [-0.2, 0) is 11.3 Å². The van der Waals surface area contributed by atoms with Gasteiger partial charge in [0.25, 0.3) is 0 Å². The Balaban J connectivity index is 1.97. The van der Waals surface area contributed by atoms with E-state index in [0.29, 0.717) is 24.6 Å². The molecule has 2 heterocycles. The SMILES string of the molecule is CCCC1CCC(=O)N(Cc2cc(C(=O)O)co2)CC1. The van der Waals surface area contributed by atoms with Gasteiger partial charge in [-0.25, -0.2) is 4.79 Å². The number of hydrogen-bond donors (Lipinski definition) is 1. The minimum atomic E-state index is -1.01. The molecule has 2 rings (SSSR count). The van der Waals surface area contributed by atoms with Crippen molar-refractivity contribution in [2.75, 3.05) is 6.54 Å². The van der Waals surface area contributed by atoms with Crippen LogP contribution in [-0.4, -0.2) is 28.4 Å². The highest BCUT2D eigenvalue weighted by Crippen LogP contribution is 2.24. The summed E-state index contributed by atoms with van der Waals surface area (Å²) in [5.74, 6) is 0.284. The first-order valence-corrected chi connectivity index (χ1v) is 7.18. The van der Waals surface area contributed by atoms with Crippen molar-refractivity contribution in [3.8, 4) is 0 Å². The second-order valence-corrected chi connectivity index (χ2v) is 5.40. The second kappa shape index (κ2) is 6.59. The van der Waals surface area contributed by atoms with E-state index < -0.39 is 5.97 Å². The van der Waals surface area contributed by atoms with Gasteiger partial charge in [0.05, 0.1) is 12.1 Å². The maximum atomic E-state index is 12.1. The predicted octanol–water partition coefficient (Wildman–Crippen LogP) is 2.91. The van der Waals surface area contributed by atoms with Gasteiger partial charge in [-0.15, -0.1) is 0 Å². The number of rotatable bonds is 5. The zero-order chi connectivity index (χ0) is 14.5. The quantitative estimate of drug-likeness (QED) is 0.899. The molecule has 0 aliphatic carbocycles. The molecule has 5 heteroatoms. The van der Waals surface area contributed by atoms with E-state index in [-0.39, 0.29) is 11.5 Å². The average Bonchev–Trinajstić information content (AvgIpc) is 2.81. The zero-order valence-electron chi connectivity index (χ0n) is 11.8. The first-order chi connectivity index (χ1) is 9.60. The van der Waals surface area contributed by atoms with Crippen LogP contribution in [0.25, 0.3) is 0 Å². The van der Waals surface area contributed by atoms with Crippen LogP contribution in [0.2, 0.25) is 0 Å². The summed E-state index contributed by atoms with van der Waals surface area (Å²) in [6.45, 7) is 3.26. The van der Waals surface area contributed by atoms with Crippen molar-refractivity contribution >= 4 is 11.9 Å². The highest BCUT2D eigenvalue weighted by atomic mass is 16.4. The Hall–Kier alpha value is -1.78. The van der Waals surface area contributed by atoms with Crippen molar-refractivity contribution in [2.24, 2.45) is 5.92 Å². The molecular weight excluding hydrogens is 258 g/mol. The first-order valence-electron chi connectivity index (χ1n) is 7.18. The van der Waals surface area contributed by atoms with Crippen molar-refractivity contribution in [3.63, 3.8) is 0 Å². The number of furan rings is 1. The normalized spacial score (nSPS) is 19.9. The highest BCUT2D eigenvalue weighted by Gasteiger charge is 2.23. The Bertz CT molecular complexity index is 480. The van der Waals surface area contributed by atoms with E-state index in [1.165, 1.54) is 18.8 Å². The van der Waals surface area contributed by atoms with Crippen LogP contribution >= 0.6 is 0 Å². The van der Waals surface area contributed by atoms with E-state index in [4.69, 9.17) is 9.52 Å². The fourth-order valence-corrected chi connectivity index (χ4v) is 2.72. The number of carboxylic acid groups (broad SMARTS) is 1. The van der Waals surface area contributed by atoms with E-state index in [1.54, 1.807) is 4.90 Å². The standard InChI is InChI=1S/C15H21NO4/c1-2-3-11-4-5-14(17)16(7-6-11)9-13-8-12(10-20-13)15(18)19/h8,10-11H,2-7,9H2,1H3,(H,18,19). The van der Waals surface area contributed by atoms with E-state index in [9.17, 15) is 9.59 Å². The number of likely N-dealkylation sites (tertiary alicyclic amines) is 1. The van der Waals surface area contributed by atoms with Crippen LogP contribution < -0.4 is 0 Å². The summed E-state index contributed by atoms with van der Waals surface area (Å²) in [5.41, 5.74) is 0.131. The van der Waals surface area contributed by atoms with Gasteiger partial charge in [0.1, 0.15) is 12.0 Å². The lowest BCUT2D eigenvalue weighted by Crippen LogP contribution is -2.29. The van der Waals surface area contributed by atoms with Gasteiger partial charge in [-0.2, -0.15) is 0 Å². The number of hydrogen-bond acceptors (Lipinski definition) is 3. The molecule has 110 valence electrons. The molecule has 0 spiro atoms. The maximum absolute atomic E-state index is 12.1. The molecule has 1 aliphatic rings. The molecule has 1 N–H and O–H groups in total. The monoisotopic (exact) mass is 279 g/mol. The van der Waals surface area contributed by atoms with Gasteiger partial charge in [-0.1, -0.05) is 19.8 Å². The van der Waals surface area contributed by atoms with Crippen LogP contribution in [0, 0.1) is 5.92 Å². The minimum absolute atomic E-state index is 0.131. The van der Waals surface area contributed by atoms with Crippen LogP contribution in [0.3, 0.4) is 0 Å². The summed E-state index contributed by atoms with van der Waals surface area (Å²) in [7, 11) is 0. The third-order valence-corrected chi connectivity index (χ3v) is 3.87. The molecular formula is C15H21NO4. The summed E-state index contributed by atoms with van der Waals surface area (Å²) in [6, 6.07) is 1.49. The number of amides is 1. The summed E-state index contributed by atoms with van der Waals surface area (Å²) in [5, 5.41) is 8.85. The molecule has 0 aromatic carbocycles. The predicted molar refractivity (Wildman–Crippen MR) is 73.3 cm³/mol. The Kier molecular flexibility index (Phi) is 4.82. The summed E-state index contributed by atoms with van der Waals surface area (Å²) < 4.78 is 5.22. The number of aromatic carboxylic acids is 1. The third kappa shape index (κ3) is 3.62. The van der Waals surface area contributed by atoms with Gasteiger partial charge < -0.3 is 14.4 Å². The van der Waals surface area contributed by atoms with Gasteiger partial charge in [-0.3, -0.25) is 4.79 Å². The second-order valence-electron chi connectivity index (χ2n) is 5.40. The lowest BCUT2D eigenvalue weighted by Gasteiger charge is -2.19. The number of carbonyl (C=O) groups excluding carboxylic acids is 1. The molecule has 1 aliphatic heterocycles. The Morgan fingerprint density at radius 2 is 2.30 bits per heavy atom. The molecule has 1 aromatic rings. The number of nitrogens with zero attached hydrogens (tertiary/aromatic N) is 1. The molecule has 20 heavy (non-hydrogen) atoms. The average molecular weight is 279 g/mol. The molecule has 1 amide bonds. The van der Waals surface area contributed by atoms with Crippen molar-refractivity contribution < 1.29 is 19.1 Å². The fraction of sp³-hybridized carbons (Fsp3) is 0.600. The summed E-state index contributed by atoms with van der Waals surface area (Å²) >= 11 is 0. The van der Waals surface area contributed by atoms with E-state index in [0.717, 1.165) is 25.8 Å². The largest absolute Gasteiger partial charge is 0.478 e. The lowest BCUT2D eigenvalue weighted by atomic mass is 9.96. The molecule has 1 atom stereocenters. The molecule has 1 unspecified atom stereocenters. The van der Waals surface area contributed by atoms with E-state index >= 15 is 0 Å². The van der Waals surface area contributed by atoms with Crippen molar-refractivity contribution in [3.05, 3.63) is 23.7 Å². The number of carbonyl (C=O) groups is 2. The lowest BCUT2D eigenvalue weighted by molar-refractivity contribution is -0.131. The van der Waals surface area contributed by atoms with E-state index in [2.05, 4.69) is 6.92 Å². The van der Waals surface area contributed by atoms with Crippen molar-refractivity contribution in [1.29, 1.82) is 0 Å². The molecule has 0 radical (unpaired) electrons.